The van der Waals surface area contributed by atoms with Crippen molar-refractivity contribution in [3.05, 3.63) is 46.1 Å². The molecule has 36 heavy (non-hydrogen) atoms. The van der Waals surface area contributed by atoms with E-state index in [0.717, 1.165) is 60.0 Å². The van der Waals surface area contributed by atoms with Crippen molar-refractivity contribution in [1.82, 2.24) is 14.9 Å². The summed E-state index contributed by atoms with van der Waals surface area (Å²) in [5, 5.41) is 3.61. The Bertz CT molecular complexity index is 1270. The first kappa shape index (κ1) is 24.8. The highest BCUT2D eigenvalue weighted by atomic mass is 32.1. The summed E-state index contributed by atoms with van der Waals surface area (Å²) in [7, 11) is 0. The molecule has 1 unspecified atom stereocenters. The molecule has 3 heterocycles. The standard InChI is InChI=1S/C26H30F3N5OS/c1-3-6-21-31-23(22-17-10-9-16(2)15-20(17)36-24(22)32-21)33-11-13-34(14-12-33)25(35)30-19-8-5-4-7-18(19)26(27,28)29/h4-5,7-8,16H,3,6,9-15H2,1-2H3,(H,30,35). The van der Waals surface area contributed by atoms with E-state index in [-0.39, 0.29) is 5.69 Å². The van der Waals surface area contributed by atoms with E-state index >= 15 is 0 Å². The molecule has 0 spiro atoms. The number of thiophene rings is 1. The summed E-state index contributed by atoms with van der Waals surface area (Å²) >= 11 is 1.79. The Hall–Kier alpha value is -2.88. The summed E-state index contributed by atoms with van der Waals surface area (Å²) in [4.78, 5) is 28.9. The van der Waals surface area contributed by atoms with Crippen molar-refractivity contribution in [3.63, 3.8) is 0 Å². The van der Waals surface area contributed by atoms with E-state index in [4.69, 9.17) is 9.97 Å². The third kappa shape index (κ3) is 4.87. The van der Waals surface area contributed by atoms with Gasteiger partial charge in [-0.15, -0.1) is 11.3 Å². The Balaban J connectivity index is 1.35. The number of alkyl halides is 3. The zero-order valence-electron chi connectivity index (χ0n) is 20.5. The van der Waals surface area contributed by atoms with Crippen molar-refractivity contribution in [1.29, 1.82) is 0 Å². The number of benzene rings is 1. The number of anilines is 2. The number of nitrogens with one attached hydrogen (secondary N) is 1. The topological polar surface area (TPSA) is 61.4 Å². The molecule has 1 aliphatic carbocycles. The molecule has 1 aromatic carbocycles. The van der Waals surface area contributed by atoms with E-state index < -0.39 is 17.8 Å². The van der Waals surface area contributed by atoms with Crippen molar-refractivity contribution >= 4 is 39.1 Å². The quantitative estimate of drug-likeness (QED) is 0.452. The Morgan fingerprint density at radius 3 is 2.64 bits per heavy atom. The summed E-state index contributed by atoms with van der Waals surface area (Å²) in [6.07, 6.45) is 0.494. The minimum Gasteiger partial charge on any atom is -0.352 e. The monoisotopic (exact) mass is 517 g/mol. The molecule has 2 amide bonds. The van der Waals surface area contributed by atoms with E-state index in [1.54, 1.807) is 16.2 Å². The highest BCUT2D eigenvalue weighted by Gasteiger charge is 2.34. The number of carbonyl (C=O) groups is 1. The van der Waals surface area contributed by atoms with Crippen molar-refractivity contribution in [3.8, 4) is 0 Å². The Morgan fingerprint density at radius 1 is 1.17 bits per heavy atom. The van der Waals surface area contributed by atoms with Gasteiger partial charge in [-0.05, 0) is 49.3 Å². The zero-order valence-corrected chi connectivity index (χ0v) is 21.3. The average molecular weight is 518 g/mol. The molecule has 1 N–H and O–H groups in total. The van der Waals surface area contributed by atoms with Crippen LogP contribution in [0.4, 0.5) is 29.5 Å². The van der Waals surface area contributed by atoms with Crippen molar-refractivity contribution in [2.45, 2.75) is 52.1 Å². The second-order valence-electron chi connectivity index (χ2n) is 9.69. The van der Waals surface area contributed by atoms with Gasteiger partial charge >= 0.3 is 12.2 Å². The summed E-state index contributed by atoms with van der Waals surface area (Å²) in [6, 6.07) is 4.54. The molecule has 2 aliphatic rings. The number of fused-ring (bicyclic) bond motifs is 3. The smallest absolute Gasteiger partial charge is 0.352 e. The van der Waals surface area contributed by atoms with Crippen LogP contribution in [0, 0.1) is 5.92 Å². The van der Waals surface area contributed by atoms with Crippen LogP contribution >= 0.6 is 11.3 Å². The minimum absolute atomic E-state index is 0.224. The lowest BCUT2D eigenvalue weighted by Crippen LogP contribution is -2.50. The van der Waals surface area contributed by atoms with Gasteiger partial charge in [0.15, 0.2) is 0 Å². The summed E-state index contributed by atoms with van der Waals surface area (Å²) in [5.74, 6) is 2.45. The van der Waals surface area contributed by atoms with E-state index in [9.17, 15) is 18.0 Å². The molecule has 1 aliphatic heterocycles. The van der Waals surface area contributed by atoms with Crippen LogP contribution < -0.4 is 10.2 Å². The van der Waals surface area contributed by atoms with Gasteiger partial charge in [-0.25, -0.2) is 14.8 Å². The predicted octanol–water partition coefficient (Wildman–Crippen LogP) is 6.14. The number of para-hydroxylation sites is 1. The highest BCUT2D eigenvalue weighted by Crippen LogP contribution is 2.41. The third-order valence-electron chi connectivity index (χ3n) is 7.00. The fourth-order valence-corrected chi connectivity index (χ4v) is 6.48. The van der Waals surface area contributed by atoms with Crippen LogP contribution in [-0.4, -0.2) is 47.1 Å². The van der Waals surface area contributed by atoms with Crippen LogP contribution in [0.25, 0.3) is 10.2 Å². The largest absolute Gasteiger partial charge is 0.418 e. The van der Waals surface area contributed by atoms with Gasteiger partial charge < -0.3 is 15.1 Å². The van der Waals surface area contributed by atoms with Gasteiger partial charge in [-0.3, -0.25) is 0 Å². The molecule has 1 fully saturated rings. The number of piperazine rings is 1. The molecule has 2 aromatic heterocycles. The van der Waals surface area contributed by atoms with Gasteiger partial charge in [0.05, 0.1) is 16.6 Å². The second-order valence-corrected chi connectivity index (χ2v) is 10.8. The molecule has 6 nitrogen and oxygen atoms in total. The predicted molar refractivity (Wildman–Crippen MR) is 137 cm³/mol. The molecule has 0 bridgehead atoms. The van der Waals surface area contributed by atoms with Crippen molar-refractivity contribution in [2.75, 3.05) is 36.4 Å². The Morgan fingerprint density at radius 2 is 1.92 bits per heavy atom. The molecule has 0 radical (unpaired) electrons. The summed E-state index contributed by atoms with van der Waals surface area (Å²) in [5.41, 5.74) is 0.300. The second kappa shape index (κ2) is 9.88. The lowest BCUT2D eigenvalue weighted by atomic mass is 9.89. The lowest BCUT2D eigenvalue weighted by molar-refractivity contribution is -0.136. The normalized spacial score (nSPS) is 18.4. The number of hydrogen-bond acceptors (Lipinski definition) is 5. The number of nitrogens with zero attached hydrogens (tertiary/aromatic N) is 4. The number of amides is 2. The molecule has 192 valence electrons. The van der Waals surface area contributed by atoms with Crippen LogP contribution in [0.2, 0.25) is 0 Å². The average Bonchev–Trinajstić information content (AvgIpc) is 3.20. The molecule has 0 saturated carbocycles. The van der Waals surface area contributed by atoms with Crippen LogP contribution in [0.3, 0.4) is 0 Å². The molecule has 1 saturated heterocycles. The van der Waals surface area contributed by atoms with E-state index in [1.807, 2.05) is 0 Å². The van der Waals surface area contributed by atoms with Gasteiger partial charge in [-0.2, -0.15) is 13.2 Å². The van der Waals surface area contributed by atoms with E-state index in [1.165, 1.54) is 28.6 Å². The fraction of sp³-hybridized carbons (Fsp3) is 0.500. The summed E-state index contributed by atoms with van der Waals surface area (Å²) < 4.78 is 40.0. The zero-order chi connectivity index (χ0) is 25.4. The Labute approximate surface area is 212 Å². The number of aryl methyl sites for hydroxylation is 2. The SMILES string of the molecule is CCCc1nc(N2CCN(C(=O)Nc3ccccc3C(F)(F)F)CC2)c2c3c(sc2n1)CC(C)CC3. The first-order valence-electron chi connectivity index (χ1n) is 12.5. The van der Waals surface area contributed by atoms with Gasteiger partial charge in [0.2, 0.25) is 0 Å². The first-order chi connectivity index (χ1) is 17.2. The van der Waals surface area contributed by atoms with Crippen LogP contribution in [0.1, 0.15) is 48.5 Å². The van der Waals surface area contributed by atoms with Crippen LogP contribution in [-0.2, 0) is 25.4 Å². The van der Waals surface area contributed by atoms with E-state index in [0.29, 0.717) is 32.1 Å². The number of halogens is 3. The molecule has 5 rings (SSSR count). The third-order valence-corrected chi connectivity index (χ3v) is 8.14. The van der Waals surface area contributed by atoms with Crippen molar-refractivity contribution in [2.24, 2.45) is 5.92 Å². The number of carbonyl (C=O) groups excluding carboxylic acids is 1. The minimum atomic E-state index is -4.53. The van der Waals surface area contributed by atoms with Crippen LogP contribution in [0.5, 0.6) is 0 Å². The Kier molecular flexibility index (Phi) is 6.80. The van der Waals surface area contributed by atoms with Crippen LogP contribution in [0.15, 0.2) is 24.3 Å². The number of hydrogen-bond donors (Lipinski definition) is 1. The molecule has 10 heteroatoms. The maximum atomic E-state index is 13.3. The van der Waals surface area contributed by atoms with Crippen molar-refractivity contribution < 1.29 is 18.0 Å². The first-order valence-corrected chi connectivity index (χ1v) is 13.3. The summed E-state index contributed by atoms with van der Waals surface area (Å²) in [6.45, 7) is 6.33. The lowest BCUT2D eigenvalue weighted by Gasteiger charge is -2.36. The molecular weight excluding hydrogens is 487 g/mol. The highest BCUT2D eigenvalue weighted by molar-refractivity contribution is 7.19. The van der Waals surface area contributed by atoms with Gasteiger partial charge in [-0.1, -0.05) is 26.0 Å². The van der Waals surface area contributed by atoms with Gasteiger partial charge in [0.1, 0.15) is 16.5 Å². The number of rotatable bonds is 4. The van der Waals surface area contributed by atoms with Gasteiger partial charge in [0, 0.05) is 37.5 Å². The van der Waals surface area contributed by atoms with Gasteiger partial charge in [0.25, 0.3) is 0 Å². The number of aromatic nitrogens is 2. The fourth-order valence-electron chi connectivity index (χ4n) is 5.09. The number of urea groups is 1. The molecule has 1 atom stereocenters. The molecular formula is C26H30F3N5OS. The maximum Gasteiger partial charge on any atom is 0.418 e. The van der Waals surface area contributed by atoms with E-state index in [2.05, 4.69) is 24.1 Å². The molecule has 3 aromatic rings. The maximum absolute atomic E-state index is 13.3.